The van der Waals surface area contributed by atoms with Crippen LogP contribution in [0.3, 0.4) is 0 Å². The molecule has 0 bridgehead atoms. The van der Waals surface area contributed by atoms with Crippen molar-refractivity contribution in [1.29, 1.82) is 0 Å². The van der Waals surface area contributed by atoms with Crippen LogP contribution in [-0.4, -0.2) is 53.1 Å². The van der Waals surface area contributed by atoms with Crippen molar-refractivity contribution >= 4 is 5.97 Å². The van der Waals surface area contributed by atoms with Gasteiger partial charge >= 0.3 is 5.97 Å². The Kier molecular flexibility index (Phi) is 6.50. The van der Waals surface area contributed by atoms with Gasteiger partial charge in [-0.2, -0.15) is 0 Å². The minimum atomic E-state index is -0.758. The van der Waals surface area contributed by atoms with Crippen molar-refractivity contribution in [2.24, 2.45) is 0 Å². The van der Waals surface area contributed by atoms with E-state index in [1.165, 1.54) is 27.8 Å². The first-order chi connectivity index (χ1) is 15.0. The van der Waals surface area contributed by atoms with Crippen LogP contribution in [0.15, 0.2) is 78.9 Å². The molecular formula is C27H30N2O2. The highest BCUT2D eigenvalue weighted by molar-refractivity contribution is 5.69. The van der Waals surface area contributed by atoms with Gasteiger partial charge in [-0.1, -0.05) is 84.4 Å². The summed E-state index contributed by atoms with van der Waals surface area (Å²) >= 11 is 0. The number of carbonyl (C=O) groups is 1. The molecule has 0 spiro atoms. The van der Waals surface area contributed by atoms with Gasteiger partial charge in [0, 0.05) is 25.7 Å². The first-order valence-corrected chi connectivity index (χ1v) is 10.9. The molecule has 2 atom stereocenters. The van der Waals surface area contributed by atoms with Gasteiger partial charge in [0.25, 0.3) is 0 Å². The number of carboxylic acids is 1. The summed E-state index contributed by atoms with van der Waals surface area (Å²) in [6, 6.07) is 28.5. The van der Waals surface area contributed by atoms with Crippen molar-refractivity contribution < 1.29 is 9.90 Å². The van der Waals surface area contributed by atoms with Gasteiger partial charge in [-0.3, -0.25) is 14.6 Å². The van der Waals surface area contributed by atoms with Gasteiger partial charge in [0.2, 0.25) is 0 Å². The Balaban J connectivity index is 1.61. The topological polar surface area (TPSA) is 43.8 Å². The molecule has 1 saturated heterocycles. The van der Waals surface area contributed by atoms with E-state index in [9.17, 15) is 9.90 Å². The Morgan fingerprint density at radius 1 is 0.935 bits per heavy atom. The monoisotopic (exact) mass is 414 g/mol. The van der Waals surface area contributed by atoms with Crippen molar-refractivity contribution in [3.63, 3.8) is 0 Å². The number of carboxylic acid groups (broad SMARTS) is 1. The van der Waals surface area contributed by atoms with Gasteiger partial charge in [-0.15, -0.1) is 0 Å². The molecule has 3 aromatic rings. The van der Waals surface area contributed by atoms with Crippen molar-refractivity contribution in [2.75, 3.05) is 26.2 Å². The second kappa shape index (κ2) is 9.46. The molecule has 160 valence electrons. The lowest BCUT2D eigenvalue weighted by molar-refractivity contribution is -0.139. The maximum absolute atomic E-state index is 11.2. The molecule has 4 nitrogen and oxygen atoms in total. The molecule has 0 saturated carbocycles. The van der Waals surface area contributed by atoms with Gasteiger partial charge < -0.3 is 5.11 Å². The summed E-state index contributed by atoms with van der Waals surface area (Å²) in [5.74, 6) is -0.758. The highest BCUT2D eigenvalue weighted by atomic mass is 16.4. The summed E-state index contributed by atoms with van der Waals surface area (Å²) in [4.78, 5) is 15.7. The number of aliphatic carboxylic acids is 1. The van der Waals surface area contributed by atoms with E-state index in [4.69, 9.17) is 0 Å². The molecule has 4 heteroatoms. The molecule has 1 fully saturated rings. The Morgan fingerprint density at radius 2 is 1.65 bits per heavy atom. The van der Waals surface area contributed by atoms with Gasteiger partial charge in [-0.25, -0.2) is 0 Å². The number of piperazine rings is 1. The minimum absolute atomic E-state index is 0.107. The Bertz CT molecular complexity index is 1020. The second-order valence-corrected chi connectivity index (χ2v) is 8.51. The first-order valence-electron chi connectivity index (χ1n) is 10.9. The van der Waals surface area contributed by atoms with E-state index >= 15 is 0 Å². The average Bonchev–Trinajstić information content (AvgIpc) is 2.77. The highest BCUT2D eigenvalue weighted by Gasteiger charge is 2.30. The molecule has 0 aliphatic carbocycles. The fourth-order valence-corrected chi connectivity index (χ4v) is 4.60. The summed E-state index contributed by atoms with van der Waals surface area (Å²) < 4.78 is 0. The van der Waals surface area contributed by atoms with Crippen LogP contribution in [0.5, 0.6) is 0 Å². The summed E-state index contributed by atoms with van der Waals surface area (Å²) in [7, 11) is 0. The third-order valence-electron chi connectivity index (χ3n) is 6.19. The molecule has 1 aliphatic rings. The van der Waals surface area contributed by atoms with Crippen LogP contribution < -0.4 is 0 Å². The van der Waals surface area contributed by atoms with E-state index in [0.29, 0.717) is 0 Å². The van der Waals surface area contributed by atoms with E-state index in [-0.39, 0.29) is 18.6 Å². The van der Waals surface area contributed by atoms with Crippen molar-refractivity contribution in [2.45, 2.75) is 25.9 Å². The zero-order valence-corrected chi connectivity index (χ0v) is 18.2. The molecule has 3 aromatic carbocycles. The zero-order chi connectivity index (χ0) is 21.8. The molecule has 1 N–H and O–H groups in total. The predicted octanol–water partition coefficient (Wildman–Crippen LogP) is 4.84. The lowest BCUT2D eigenvalue weighted by atomic mass is 9.93. The van der Waals surface area contributed by atoms with Gasteiger partial charge in [0.1, 0.15) is 0 Å². The molecule has 0 radical (unpaired) electrons. The van der Waals surface area contributed by atoms with Crippen LogP contribution in [0, 0.1) is 6.92 Å². The number of nitrogens with zero attached hydrogens (tertiary/aromatic N) is 2. The maximum Gasteiger partial charge on any atom is 0.317 e. The molecule has 0 aromatic heterocycles. The molecule has 0 amide bonds. The number of hydrogen-bond donors (Lipinski definition) is 1. The maximum atomic E-state index is 11.2. The van der Waals surface area contributed by atoms with E-state index < -0.39 is 5.97 Å². The van der Waals surface area contributed by atoms with Gasteiger partial charge in [0.05, 0.1) is 12.6 Å². The molecule has 1 aliphatic heterocycles. The van der Waals surface area contributed by atoms with Gasteiger partial charge in [-0.05, 0) is 36.1 Å². The predicted molar refractivity (Wildman–Crippen MR) is 125 cm³/mol. The van der Waals surface area contributed by atoms with Crippen molar-refractivity contribution in [3.05, 3.63) is 95.6 Å². The van der Waals surface area contributed by atoms with Gasteiger partial charge in [0.15, 0.2) is 0 Å². The van der Waals surface area contributed by atoms with E-state index in [2.05, 4.69) is 103 Å². The van der Waals surface area contributed by atoms with Crippen LogP contribution in [-0.2, 0) is 4.79 Å². The fourth-order valence-electron chi connectivity index (χ4n) is 4.60. The number of rotatable bonds is 6. The molecule has 1 heterocycles. The first kappa shape index (κ1) is 21.3. The Hall–Kier alpha value is -2.95. The third-order valence-corrected chi connectivity index (χ3v) is 6.19. The second-order valence-electron chi connectivity index (χ2n) is 8.51. The fraction of sp³-hybridized carbons (Fsp3) is 0.296. The lowest BCUT2D eigenvalue weighted by Gasteiger charge is -2.43. The lowest BCUT2D eigenvalue weighted by Crippen LogP contribution is -2.54. The molecule has 31 heavy (non-hydrogen) atoms. The van der Waals surface area contributed by atoms with Crippen LogP contribution >= 0.6 is 0 Å². The van der Waals surface area contributed by atoms with E-state index in [0.717, 1.165) is 19.6 Å². The smallest absolute Gasteiger partial charge is 0.317 e. The van der Waals surface area contributed by atoms with Crippen LogP contribution in [0.25, 0.3) is 11.1 Å². The SMILES string of the molecule is Cc1cccc(-c2ccc([C@@H](c3ccccc3)N3CCN(CC(=O)O)[C@H](C)C3)cc2)c1. The summed E-state index contributed by atoms with van der Waals surface area (Å²) in [5.41, 5.74) is 6.25. The van der Waals surface area contributed by atoms with E-state index in [1.54, 1.807) is 0 Å². The van der Waals surface area contributed by atoms with Crippen molar-refractivity contribution in [1.82, 2.24) is 9.80 Å². The van der Waals surface area contributed by atoms with Crippen LogP contribution in [0.1, 0.15) is 29.7 Å². The minimum Gasteiger partial charge on any atom is -0.480 e. The number of benzene rings is 3. The molecule has 0 unspecified atom stereocenters. The number of aryl methyl sites for hydroxylation is 1. The Labute approximate surface area is 184 Å². The summed E-state index contributed by atoms with van der Waals surface area (Å²) in [6.07, 6.45) is 0. The normalized spacial score (nSPS) is 18.6. The zero-order valence-electron chi connectivity index (χ0n) is 18.2. The quantitative estimate of drug-likeness (QED) is 0.627. The number of hydrogen-bond acceptors (Lipinski definition) is 3. The van der Waals surface area contributed by atoms with Crippen LogP contribution in [0.2, 0.25) is 0 Å². The van der Waals surface area contributed by atoms with E-state index in [1.807, 2.05) is 0 Å². The van der Waals surface area contributed by atoms with Crippen molar-refractivity contribution in [3.8, 4) is 11.1 Å². The average molecular weight is 415 g/mol. The largest absolute Gasteiger partial charge is 0.480 e. The summed E-state index contributed by atoms with van der Waals surface area (Å²) in [5, 5.41) is 9.20. The summed E-state index contributed by atoms with van der Waals surface area (Å²) in [6.45, 7) is 6.80. The highest BCUT2D eigenvalue weighted by Crippen LogP contribution is 2.32. The third kappa shape index (κ3) is 5.04. The molecular weight excluding hydrogens is 384 g/mol. The molecule has 4 rings (SSSR count). The Morgan fingerprint density at radius 3 is 2.29 bits per heavy atom. The van der Waals surface area contributed by atoms with Crippen LogP contribution in [0.4, 0.5) is 0 Å². The standard InChI is InChI=1S/C27H30N2O2/c1-20-7-6-10-25(17-20)22-11-13-24(14-12-22)27(23-8-4-3-5-9-23)29-16-15-28(19-26(30)31)21(2)18-29/h3-14,17,21,27H,15-16,18-19H2,1-2H3,(H,30,31)/t21-,27-/m1/s1.